The van der Waals surface area contributed by atoms with Crippen molar-refractivity contribution < 1.29 is 14.3 Å². The molecule has 5 nitrogen and oxygen atoms in total. The molecule has 2 saturated heterocycles. The van der Waals surface area contributed by atoms with Gasteiger partial charge in [0.2, 0.25) is 5.91 Å². The van der Waals surface area contributed by atoms with Crippen molar-refractivity contribution in [2.45, 2.75) is 45.8 Å². The van der Waals surface area contributed by atoms with E-state index in [0.717, 1.165) is 69.0 Å². The third-order valence-corrected chi connectivity index (χ3v) is 6.78. The van der Waals surface area contributed by atoms with Crippen LogP contribution in [0.3, 0.4) is 0 Å². The topological polar surface area (TPSA) is 42.0 Å². The highest BCUT2D eigenvalue weighted by Crippen LogP contribution is 2.30. The Balaban J connectivity index is 1.28. The van der Waals surface area contributed by atoms with Crippen molar-refractivity contribution in [2.24, 2.45) is 11.8 Å². The van der Waals surface area contributed by atoms with Gasteiger partial charge in [0.15, 0.2) is 11.5 Å². The summed E-state index contributed by atoms with van der Waals surface area (Å²) in [5.74, 6) is 2.75. The molecule has 0 bridgehead atoms. The number of piperidine rings is 2. The summed E-state index contributed by atoms with van der Waals surface area (Å²) >= 11 is 0. The minimum absolute atomic E-state index is 0.194. The minimum Gasteiger partial charge on any atom is -0.493 e. The number of hydrogen-bond acceptors (Lipinski definition) is 4. The van der Waals surface area contributed by atoms with Gasteiger partial charge in [-0.25, -0.2) is 0 Å². The normalized spacial score (nSPS) is 20.2. The second kappa shape index (κ2) is 10.9. The zero-order chi connectivity index (χ0) is 22.3. The van der Waals surface area contributed by atoms with Gasteiger partial charge in [-0.3, -0.25) is 9.69 Å². The number of carbonyl (C=O) groups excluding carboxylic acids is 1. The minimum atomic E-state index is 0.194. The second-order valence-corrected chi connectivity index (χ2v) is 9.34. The molecule has 0 aliphatic carbocycles. The van der Waals surface area contributed by atoms with Gasteiger partial charge >= 0.3 is 0 Å². The zero-order valence-corrected chi connectivity index (χ0v) is 19.5. The third-order valence-electron chi connectivity index (χ3n) is 6.78. The number of hydrogen-bond donors (Lipinski definition) is 0. The third kappa shape index (κ3) is 5.83. The first-order chi connectivity index (χ1) is 15.6. The fraction of sp³-hybridized carbons (Fsp3) is 0.519. The summed E-state index contributed by atoms with van der Waals surface area (Å²) in [5.41, 5.74) is 2.35. The molecule has 0 radical (unpaired) electrons. The van der Waals surface area contributed by atoms with E-state index in [0.29, 0.717) is 18.4 Å². The molecule has 5 heteroatoms. The average Bonchev–Trinajstić information content (AvgIpc) is 2.84. The standard InChI is InChI=1S/C27H36N2O3/c1-21-7-6-14-29(18-21)27(30)24-12-15-28(16-13-24)19-23-10-11-25(26(17-23)31-2)32-20-22-8-4-3-5-9-22/h3-5,8-11,17,21,24H,6-7,12-16,18-20H2,1-2H3/t21-/m1/s1. The molecule has 2 heterocycles. The van der Waals surface area contributed by atoms with E-state index < -0.39 is 0 Å². The lowest BCUT2D eigenvalue weighted by Gasteiger charge is -2.37. The molecule has 2 aliphatic rings. The highest BCUT2D eigenvalue weighted by Gasteiger charge is 2.30. The van der Waals surface area contributed by atoms with Crippen LogP contribution in [0.2, 0.25) is 0 Å². The molecule has 2 aromatic rings. The molecule has 0 spiro atoms. The summed E-state index contributed by atoms with van der Waals surface area (Å²) in [6, 6.07) is 16.4. The highest BCUT2D eigenvalue weighted by molar-refractivity contribution is 5.79. The number of likely N-dealkylation sites (tertiary alicyclic amines) is 2. The number of ether oxygens (including phenoxy) is 2. The molecule has 0 aromatic heterocycles. The Labute approximate surface area is 192 Å². The lowest BCUT2D eigenvalue weighted by molar-refractivity contribution is -0.138. The Morgan fingerprint density at radius 3 is 2.47 bits per heavy atom. The van der Waals surface area contributed by atoms with Crippen molar-refractivity contribution in [1.82, 2.24) is 9.80 Å². The lowest BCUT2D eigenvalue weighted by Crippen LogP contribution is -2.45. The first kappa shape index (κ1) is 22.7. The molecule has 0 saturated carbocycles. The number of amides is 1. The van der Waals surface area contributed by atoms with Gasteiger partial charge in [0.25, 0.3) is 0 Å². The van der Waals surface area contributed by atoms with Gasteiger partial charge in [0, 0.05) is 25.6 Å². The Morgan fingerprint density at radius 2 is 1.75 bits per heavy atom. The molecule has 0 N–H and O–H groups in total. The predicted molar refractivity (Wildman–Crippen MR) is 127 cm³/mol. The molecule has 2 aliphatic heterocycles. The van der Waals surface area contributed by atoms with Gasteiger partial charge in [-0.2, -0.15) is 0 Å². The fourth-order valence-corrected chi connectivity index (χ4v) is 4.91. The Morgan fingerprint density at radius 1 is 0.969 bits per heavy atom. The Bertz CT molecular complexity index is 878. The van der Waals surface area contributed by atoms with Crippen molar-refractivity contribution in [2.75, 3.05) is 33.3 Å². The fourth-order valence-electron chi connectivity index (χ4n) is 4.91. The van der Waals surface area contributed by atoms with Crippen molar-refractivity contribution >= 4 is 5.91 Å². The second-order valence-electron chi connectivity index (χ2n) is 9.34. The molecule has 4 rings (SSSR count). The van der Waals surface area contributed by atoms with Gasteiger partial charge in [0.05, 0.1) is 7.11 Å². The van der Waals surface area contributed by atoms with E-state index >= 15 is 0 Å². The van der Waals surface area contributed by atoms with Gasteiger partial charge in [0.1, 0.15) is 6.61 Å². The van der Waals surface area contributed by atoms with E-state index in [9.17, 15) is 4.79 Å². The van der Waals surface area contributed by atoms with Crippen LogP contribution in [0.25, 0.3) is 0 Å². The van der Waals surface area contributed by atoms with Gasteiger partial charge in [-0.15, -0.1) is 0 Å². The van der Waals surface area contributed by atoms with E-state index in [1.54, 1.807) is 7.11 Å². The van der Waals surface area contributed by atoms with Crippen LogP contribution in [-0.2, 0) is 17.9 Å². The van der Waals surface area contributed by atoms with Crippen molar-refractivity contribution in [3.63, 3.8) is 0 Å². The monoisotopic (exact) mass is 436 g/mol. The van der Waals surface area contributed by atoms with Crippen LogP contribution in [0.1, 0.15) is 43.7 Å². The summed E-state index contributed by atoms with van der Waals surface area (Å²) in [4.78, 5) is 17.5. The van der Waals surface area contributed by atoms with Crippen molar-refractivity contribution in [1.29, 1.82) is 0 Å². The van der Waals surface area contributed by atoms with Crippen molar-refractivity contribution in [3.8, 4) is 11.5 Å². The van der Waals surface area contributed by atoms with Gasteiger partial charge < -0.3 is 14.4 Å². The van der Waals surface area contributed by atoms with E-state index in [2.05, 4.69) is 41.0 Å². The van der Waals surface area contributed by atoms with Crippen LogP contribution in [-0.4, -0.2) is 49.0 Å². The van der Waals surface area contributed by atoms with Gasteiger partial charge in [-0.05, 0) is 68.0 Å². The first-order valence-corrected chi connectivity index (χ1v) is 12.0. The number of benzene rings is 2. The number of methoxy groups -OCH3 is 1. The maximum atomic E-state index is 12.9. The number of nitrogens with zero attached hydrogens (tertiary/aromatic N) is 2. The molecule has 32 heavy (non-hydrogen) atoms. The molecule has 1 amide bonds. The summed E-state index contributed by atoms with van der Waals surface area (Å²) in [5, 5.41) is 0. The zero-order valence-electron chi connectivity index (χ0n) is 19.5. The van der Waals surface area contributed by atoms with Crippen LogP contribution in [0.15, 0.2) is 48.5 Å². The molecule has 1 atom stereocenters. The van der Waals surface area contributed by atoms with Crippen LogP contribution in [0, 0.1) is 11.8 Å². The van der Waals surface area contributed by atoms with E-state index in [-0.39, 0.29) is 5.92 Å². The average molecular weight is 437 g/mol. The number of carbonyl (C=O) groups is 1. The molecule has 2 fully saturated rings. The van der Waals surface area contributed by atoms with E-state index in [1.807, 2.05) is 24.3 Å². The van der Waals surface area contributed by atoms with Crippen molar-refractivity contribution in [3.05, 3.63) is 59.7 Å². The number of rotatable bonds is 7. The quantitative estimate of drug-likeness (QED) is 0.628. The van der Waals surface area contributed by atoms with Crippen LogP contribution >= 0.6 is 0 Å². The van der Waals surface area contributed by atoms with Crippen LogP contribution in [0.5, 0.6) is 11.5 Å². The summed E-state index contributed by atoms with van der Waals surface area (Å²) in [6.45, 7) is 7.47. The largest absolute Gasteiger partial charge is 0.493 e. The molecular formula is C27H36N2O3. The summed E-state index contributed by atoms with van der Waals surface area (Å²) in [7, 11) is 1.69. The summed E-state index contributed by atoms with van der Waals surface area (Å²) < 4.78 is 11.6. The lowest BCUT2D eigenvalue weighted by atomic mass is 9.92. The maximum Gasteiger partial charge on any atom is 0.225 e. The van der Waals surface area contributed by atoms with Crippen LogP contribution in [0.4, 0.5) is 0 Å². The molecule has 0 unspecified atom stereocenters. The highest BCUT2D eigenvalue weighted by atomic mass is 16.5. The predicted octanol–water partition coefficient (Wildman–Crippen LogP) is 4.74. The molecule has 172 valence electrons. The molecule has 2 aromatic carbocycles. The van der Waals surface area contributed by atoms with Crippen LogP contribution < -0.4 is 9.47 Å². The SMILES string of the molecule is COc1cc(CN2CCC(C(=O)N3CCC[C@@H](C)C3)CC2)ccc1OCc1ccccc1. The van der Waals surface area contributed by atoms with E-state index in [4.69, 9.17) is 9.47 Å². The smallest absolute Gasteiger partial charge is 0.225 e. The Kier molecular flexibility index (Phi) is 7.69. The summed E-state index contributed by atoms with van der Waals surface area (Å²) in [6.07, 6.45) is 4.32. The first-order valence-electron chi connectivity index (χ1n) is 12.0. The molecular weight excluding hydrogens is 400 g/mol. The maximum absolute atomic E-state index is 12.9. The Hall–Kier alpha value is -2.53. The van der Waals surface area contributed by atoms with Gasteiger partial charge in [-0.1, -0.05) is 43.3 Å². The van der Waals surface area contributed by atoms with E-state index in [1.165, 1.54) is 12.0 Å².